The number of aliphatic hydroxyl groups is 2. The molecule has 10 heteroatoms. The van der Waals surface area contributed by atoms with E-state index in [0.29, 0.717) is 46.7 Å². The van der Waals surface area contributed by atoms with Crippen LogP contribution in [0.1, 0.15) is 73.0 Å². The number of ether oxygens (including phenoxy) is 3. The van der Waals surface area contributed by atoms with Crippen molar-refractivity contribution < 1.29 is 38.8 Å². The first kappa shape index (κ1) is 34.6. The van der Waals surface area contributed by atoms with Crippen molar-refractivity contribution in [2.24, 2.45) is 17.8 Å². The number of benzene rings is 2. The van der Waals surface area contributed by atoms with E-state index in [1.54, 1.807) is 23.1 Å². The van der Waals surface area contributed by atoms with Gasteiger partial charge in [0.15, 0.2) is 11.5 Å². The summed E-state index contributed by atoms with van der Waals surface area (Å²) in [6, 6.07) is 10.1. The second-order valence-corrected chi connectivity index (χ2v) is 13.6. The van der Waals surface area contributed by atoms with Crippen LogP contribution in [0.15, 0.2) is 48.0 Å². The van der Waals surface area contributed by atoms with E-state index < -0.39 is 30.1 Å². The first-order chi connectivity index (χ1) is 22.6. The fourth-order valence-electron chi connectivity index (χ4n) is 7.38. The largest absolute Gasteiger partial charge is 0.493 e. The van der Waals surface area contributed by atoms with Gasteiger partial charge in [-0.05, 0) is 61.3 Å². The molecule has 3 N–H and O–H groups in total. The average Bonchev–Trinajstić information content (AvgIpc) is 3.45. The summed E-state index contributed by atoms with van der Waals surface area (Å²) in [5.41, 5.74) is 3.07. The van der Waals surface area contributed by atoms with Crippen LogP contribution in [-0.2, 0) is 20.9 Å². The van der Waals surface area contributed by atoms with E-state index in [1.807, 2.05) is 31.2 Å². The van der Waals surface area contributed by atoms with Gasteiger partial charge in [0.05, 0.1) is 31.8 Å². The number of aryl methyl sites for hydroxylation is 1. The fraction of sp³-hybridized carbons (Fsp3) is 0.541. The molecule has 2 aromatic rings. The predicted molar refractivity (Wildman–Crippen MR) is 176 cm³/mol. The molecule has 2 amide bonds. The minimum Gasteiger partial charge on any atom is -0.493 e. The molecule has 5 rings (SSSR count). The van der Waals surface area contributed by atoms with Gasteiger partial charge in [-0.25, -0.2) is 0 Å². The number of aliphatic hydroxyl groups excluding tert-OH is 2. The van der Waals surface area contributed by atoms with Crippen molar-refractivity contribution in [2.75, 3.05) is 26.9 Å². The van der Waals surface area contributed by atoms with Crippen LogP contribution in [-0.4, -0.2) is 84.4 Å². The first-order valence-corrected chi connectivity index (χ1v) is 16.6. The number of amides is 2. The Morgan fingerprint density at radius 2 is 1.91 bits per heavy atom. The Kier molecular flexibility index (Phi) is 11.0. The molecule has 2 aromatic carbocycles. The van der Waals surface area contributed by atoms with Crippen LogP contribution >= 0.6 is 0 Å². The number of fused-ring (bicyclic) bond motifs is 3. The highest BCUT2D eigenvalue weighted by molar-refractivity contribution is 5.96. The average molecular weight is 649 g/mol. The van der Waals surface area contributed by atoms with E-state index in [-0.39, 0.29) is 43.9 Å². The number of aldehydes is 1. The summed E-state index contributed by atoms with van der Waals surface area (Å²) in [5.74, 6) is 0.399. The molecule has 3 aliphatic rings. The molecule has 10 nitrogen and oxygen atoms in total. The third kappa shape index (κ3) is 7.40. The molecular weight excluding hydrogens is 600 g/mol. The van der Waals surface area contributed by atoms with Crippen LogP contribution < -0.4 is 14.8 Å². The Morgan fingerprint density at radius 3 is 2.57 bits per heavy atom. The number of nitrogens with one attached hydrogen (secondary N) is 1. The Morgan fingerprint density at radius 1 is 1.17 bits per heavy atom. The molecule has 0 saturated heterocycles. The third-order valence-electron chi connectivity index (χ3n) is 9.95. The van der Waals surface area contributed by atoms with Crippen molar-refractivity contribution in [3.8, 4) is 11.5 Å². The molecule has 0 unspecified atom stereocenters. The van der Waals surface area contributed by atoms with Gasteiger partial charge in [0.25, 0.3) is 0 Å². The summed E-state index contributed by atoms with van der Waals surface area (Å²) in [4.78, 5) is 41.3. The molecular formula is C37H48N2O8. The number of carbonyl (C=O) groups is 3. The summed E-state index contributed by atoms with van der Waals surface area (Å²) < 4.78 is 18.3. The molecule has 254 valence electrons. The number of methoxy groups -OCH3 is 1. The van der Waals surface area contributed by atoms with E-state index in [1.165, 1.54) is 7.11 Å². The lowest BCUT2D eigenvalue weighted by molar-refractivity contribution is -0.148. The smallest absolute Gasteiger partial charge is 0.249 e. The van der Waals surface area contributed by atoms with E-state index in [0.717, 1.165) is 30.4 Å². The van der Waals surface area contributed by atoms with Gasteiger partial charge in [-0.3, -0.25) is 14.4 Å². The van der Waals surface area contributed by atoms with Crippen LogP contribution in [0.4, 0.5) is 0 Å². The van der Waals surface area contributed by atoms with Gasteiger partial charge < -0.3 is 34.6 Å². The monoisotopic (exact) mass is 648 g/mol. The van der Waals surface area contributed by atoms with Crippen LogP contribution in [0.3, 0.4) is 0 Å². The third-order valence-corrected chi connectivity index (χ3v) is 9.95. The maximum Gasteiger partial charge on any atom is 0.249 e. The molecule has 7 atom stereocenters. The minimum atomic E-state index is -1.24. The molecule has 0 bridgehead atoms. The van der Waals surface area contributed by atoms with Gasteiger partial charge in [-0.2, -0.15) is 0 Å². The highest BCUT2D eigenvalue weighted by Gasteiger charge is 2.51. The van der Waals surface area contributed by atoms with Crippen LogP contribution in [0.5, 0.6) is 11.5 Å². The second kappa shape index (κ2) is 15.0. The van der Waals surface area contributed by atoms with Crippen molar-refractivity contribution in [1.29, 1.82) is 0 Å². The van der Waals surface area contributed by atoms with Gasteiger partial charge in [-0.1, -0.05) is 57.0 Å². The summed E-state index contributed by atoms with van der Waals surface area (Å²) in [6.07, 6.45) is 3.15. The first-order valence-electron chi connectivity index (χ1n) is 16.6. The summed E-state index contributed by atoms with van der Waals surface area (Å²) in [6.45, 7) is 8.35. The predicted octanol–water partition coefficient (Wildman–Crippen LogP) is 3.94. The van der Waals surface area contributed by atoms with Gasteiger partial charge >= 0.3 is 0 Å². The lowest BCUT2D eigenvalue weighted by atomic mass is 9.75. The topological polar surface area (TPSA) is 135 Å². The number of hydrogen-bond acceptors (Lipinski definition) is 8. The zero-order valence-electron chi connectivity index (χ0n) is 28.0. The van der Waals surface area contributed by atoms with Crippen LogP contribution in [0.25, 0.3) is 0 Å². The Bertz CT molecular complexity index is 1470. The van der Waals surface area contributed by atoms with Gasteiger partial charge in [0, 0.05) is 29.8 Å². The Hall–Kier alpha value is -3.73. The number of hydrogen-bond donors (Lipinski definition) is 3. The van der Waals surface area contributed by atoms with Crippen molar-refractivity contribution >= 4 is 18.1 Å². The van der Waals surface area contributed by atoms with E-state index in [2.05, 4.69) is 26.1 Å². The maximum atomic E-state index is 14.2. The van der Waals surface area contributed by atoms with E-state index >= 15 is 0 Å². The molecule has 2 aliphatic carbocycles. The molecule has 47 heavy (non-hydrogen) atoms. The number of nitrogens with zero attached hydrogens (tertiary/aromatic N) is 1. The molecule has 1 saturated carbocycles. The van der Waals surface area contributed by atoms with Crippen LogP contribution in [0.2, 0.25) is 0 Å². The Labute approximate surface area is 277 Å². The summed E-state index contributed by atoms with van der Waals surface area (Å²) in [7, 11) is 1.46. The van der Waals surface area contributed by atoms with Gasteiger partial charge in [0.2, 0.25) is 11.8 Å². The highest BCUT2D eigenvalue weighted by Crippen LogP contribution is 2.51. The molecule has 0 aromatic heterocycles. The zero-order valence-corrected chi connectivity index (χ0v) is 28.0. The quantitative estimate of drug-likeness (QED) is 0.295. The highest BCUT2D eigenvalue weighted by atomic mass is 16.5. The number of carbonyl (C=O) groups excluding carboxylic acids is 3. The lowest BCUT2D eigenvalue weighted by Crippen LogP contribution is -2.56. The molecule has 1 heterocycles. The minimum absolute atomic E-state index is 0.0167. The van der Waals surface area contributed by atoms with Crippen LogP contribution in [0, 0.1) is 24.7 Å². The zero-order chi connectivity index (χ0) is 33.8. The normalized spacial score (nSPS) is 26.5. The lowest BCUT2D eigenvalue weighted by Gasteiger charge is -2.41. The molecule has 0 radical (unpaired) electrons. The van der Waals surface area contributed by atoms with Crippen molar-refractivity contribution in [1.82, 2.24) is 10.2 Å². The molecule has 1 fully saturated rings. The summed E-state index contributed by atoms with van der Waals surface area (Å²) in [5, 5.41) is 24.2. The second-order valence-electron chi connectivity index (χ2n) is 13.6. The Balaban J connectivity index is 1.53. The van der Waals surface area contributed by atoms with Crippen molar-refractivity contribution in [2.45, 2.75) is 83.8 Å². The van der Waals surface area contributed by atoms with Crippen molar-refractivity contribution in [3.63, 3.8) is 0 Å². The standard InChI is InChI=1S/C37H48N2O8/c1-21(2)26-11-8-23(4)14-30(26)46-20-32(42)39(18-24-9-6-22(3)7-10-24)29-17-28(37(44)38-12-13-40)33-27-15-25(19-41)16-31(45-5)35(27)47-36(33)34(29)43/h6-7,9-10,15-17,19,21,23,26,29-30,33-34,36,40,43H,8,11-14,18,20H2,1-5H3,(H,38,44)/t23-,26+,29+,30-,33-,34-,36-/m0/s1. The maximum absolute atomic E-state index is 14.2. The van der Waals surface area contributed by atoms with Gasteiger partial charge in [0.1, 0.15) is 25.1 Å². The summed E-state index contributed by atoms with van der Waals surface area (Å²) >= 11 is 0. The number of rotatable bonds is 12. The molecule has 0 spiro atoms. The van der Waals surface area contributed by atoms with Crippen molar-refractivity contribution in [3.05, 3.63) is 70.3 Å². The SMILES string of the molecule is COc1cc(C=O)cc2c1O[C@@H]1[C@@H](O)[C@H](N(Cc3ccc(C)cc3)C(=O)CO[C@H]3C[C@@H](C)CC[C@@H]3C(C)C)C=C(C(=O)NCCO)[C@H]21. The van der Waals surface area contributed by atoms with E-state index in [9.17, 15) is 24.6 Å². The fourth-order valence-corrected chi connectivity index (χ4v) is 7.38. The molecule has 1 aliphatic heterocycles. The van der Waals surface area contributed by atoms with Gasteiger partial charge in [-0.15, -0.1) is 0 Å². The van der Waals surface area contributed by atoms with E-state index in [4.69, 9.17) is 14.2 Å².